The van der Waals surface area contributed by atoms with Crippen LogP contribution in [0.25, 0.3) is 0 Å². The average Bonchev–Trinajstić information content (AvgIpc) is 3.08. The van der Waals surface area contributed by atoms with Crippen molar-refractivity contribution in [1.82, 2.24) is 4.98 Å². The molecule has 1 amide bonds. The summed E-state index contributed by atoms with van der Waals surface area (Å²) in [6.07, 6.45) is 4.23. The molecule has 6 nitrogen and oxygen atoms in total. The molecule has 3 N–H and O–H groups in total. The number of nitrogens with two attached hydrogens (primary N) is 1. The highest BCUT2D eigenvalue weighted by Gasteiger charge is 2.29. The van der Waals surface area contributed by atoms with Crippen LogP contribution in [0, 0.1) is 0 Å². The van der Waals surface area contributed by atoms with Gasteiger partial charge < -0.3 is 20.5 Å². The van der Waals surface area contributed by atoms with Crippen LogP contribution in [-0.2, 0) is 9.53 Å². The Morgan fingerprint density at radius 3 is 2.62 bits per heavy atom. The first-order chi connectivity index (χ1) is 11.7. The molecule has 1 fully saturated rings. The summed E-state index contributed by atoms with van der Waals surface area (Å²) in [5, 5.41) is 3.21. The van der Waals surface area contributed by atoms with Gasteiger partial charge in [0, 0.05) is 24.6 Å². The van der Waals surface area contributed by atoms with Gasteiger partial charge in [-0.3, -0.25) is 9.78 Å². The van der Waals surface area contributed by atoms with Crippen LogP contribution in [0.4, 0.5) is 5.69 Å². The van der Waals surface area contributed by atoms with Gasteiger partial charge in [0.15, 0.2) is 0 Å². The maximum Gasteiger partial charge on any atom is 0.253 e. The van der Waals surface area contributed by atoms with Gasteiger partial charge in [0.1, 0.15) is 17.6 Å². The lowest BCUT2D eigenvalue weighted by Crippen LogP contribution is -2.29. The Kier molecular flexibility index (Phi) is 9.12. The van der Waals surface area contributed by atoms with E-state index in [1.54, 1.807) is 42.7 Å². The molecule has 142 valence electrons. The second-order valence-electron chi connectivity index (χ2n) is 5.48. The Labute approximate surface area is 169 Å². The van der Waals surface area contributed by atoms with Gasteiger partial charge in [-0.1, -0.05) is 11.6 Å². The Hall–Kier alpha value is -1.57. The molecule has 9 heteroatoms. The number of nitrogens with one attached hydrogen (secondary N) is 1. The van der Waals surface area contributed by atoms with Crippen molar-refractivity contribution >= 4 is 48.0 Å². The van der Waals surface area contributed by atoms with Crippen LogP contribution in [0.5, 0.6) is 11.5 Å². The number of halogens is 3. The maximum atomic E-state index is 12.2. The number of pyridine rings is 1. The van der Waals surface area contributed by atoms with Crippen molar-refractivity contribution in [2.45, 2.75) is 25.0 Å². The van der Waals surface area contributed by atoms with Crippen molar-refractivity contribution in [3.8, 4) is 11.5 Å². The summed E-state index contributed by atoms with van der Waals surface area (Å²) in [5.74, 6) is 0.946. The number of anilines is 1. The van der Waals surface area contributed by atoms with E-state index in [1.807, 2.05) is 0 Å². The van der Waals surface area contributed by atoms with Crippen molar-refractivity contribution < 1.29 is 14.3 Å². The number of benzene rings is 1. The third kappa shape index (κ3) is 5.72. The Bertz CT molecular complexity index is 719. The van der Waals surface area contributed by atoms with E-state index < -0.39 is 6.10 Å². The molecule has 0 spiro atoms. The molecular weight excluding hydrogens is 401 g/mol. The molecule has 26 heavy (non-hydrogen) atoms. The first-order valence-corrected chi connectivity index (χ1v) is 8.07. The number of carbonyl (C=O) groups excluding carboxylic acids is 1. The highest BCUT2D eigenvalue weighted by atomic mass is 35.5. The zero-order valence-electron chi connectivity index (χ0n) is 13.8. The molecule has 1 aliphatic heterocycles. The summed E-state index contributed by atoms with van der Waals surface area (Å²) in [4.78, 5) is 16.1. The lowest BCUT2D eigenvalue weighted by Gasteiger charge is -2.14. The Morgan fingerprint density at radius 2 is 2.00 bits per heavy atom. The molecule has 1 aromatic carbocycles. The maximum absolute atomic E-state index is 12.2. The van der Waals surface area contributed by atoms with Gasteiger partial charge in [-0.25, -0.2) is 0 Å². The predicted molar refractivity (Wildman–Crippen MR) is 106 cm³/mol. The van der Waals surface area contributed by atoms with Crippen LogP contribution >= 0.6 is 36.4 Å². The van der Waals surface area contributed by atoms with Crippen LogP contribution in [0.2, 0.25) is 5.02 Å². The summed E-state index contributed by atoms with van der Waals surface area (Å²) >= 11 is 6.23. The zero-order chi connectivity index (χ0) is 16.9. The van der Waals surface area contributed by atoms with Gasteiger partial charge in [0.05, 0.1) is 11.1 Å². The summed E-state index contributed by atoms with van der Waals surface area (Å²) < 4.78 is 11.3. The van der Waals surface area contributed by atoms with Gasteiger partial charge >= 0.3 is 0 Å². The molecule has 0 radical (unpaired) electrons. The summed E-state index contributed by atoms with van der Waals surface area (Å²) in [7, 11) is 0. The van der Waals surface area contributed by atoms with Gasteiger partial charge in [0.2, 0.25) is 0 Å². The predicted octanol–water partition coefficient (Wildman–Crippen LogP) is 3.82. The van der Waals surface area contributed by atoms with E-state index >= 15 is 0 Å². The molecule has 0 bridgehead atoms. The lowest BCUT2D eigenvalue weighted by atomic mass is 10.2. The molecule has 2 atom stereocenters. The van der Waals surface area contributed by atoms with Gasteiger partial charge in [-0.05, 0) is 43.2 Å². The van der Waals surface area contributed by atoms with Crippen molar-refractivity contribution in [3.05, 3.63) is 47.7 Å². The molecule has 1 aliphatic rings. The minimum absolute atomic E-state index is 0. The normalized spacial score (nSPS) is 18.4. The van der Waals surface area contributed by atoms with Crippen LogP contribution < -0.4 is 15.8 Å². The molecule has 1 aromatic heterocycles. The Morgan fingerprint density at radius 1 is 1.27 bits per heavy atom. The number of rotatable bonds is 5. The number of hydrogen-bond acceptors (Lipinski definition) is 5. The molecule has 2 heterocycles. The van der Waals surface area contributed by atoms with Gasteiger partial charge in [-0.15, -0.1) is 24.8 Å². The second-order valence-corrected chi connectivity index (χ2v) is 5.89. The Balaban J connectivity index is 0.00000169. The van der Waals surface area contributed by atoms with E-state index in [4.69, 9.17) is 26.8 Å². The molecule has 3 rings (SSSR count). The van der Waals surface area contributed by atoms with E-state index in [2.05, 4.69) is 10.3 Å². The summed E-state index contributed by atoms with van der Waals surface area (Å²) in [6.45, 7) is 0.427. The molecular formula is C17H20Cl3N3O3. The molecule has 0 saturated carbocycles. The van der Waals surface area contributed by atoms with Gasteiger partial charge in [-0.2, -0.15) is 0 Å². The number of nitrogens with zero attached hydrogens (tertiary/aromatic N) is 1. The number of carbonyl (C=O) groups is 1. The summed E-state index contributed by atoms with van der Waals surface area (Å²) in [5.41, 5.74) is 6.15. The fourth-order valence-corrected chi connectivity index (χ4v) is 2.71. The van der Waals surface area contributed by atoms with E-state index in [9.17, 15) is 4.79 Å². The minimum atomic E-state index is -0.468. The third-order valence-electron chi connectivity index (χ3n) is 3.74. The topological polar surface area (TPSA) is 86.5 Å². The van der Waals surface area contributed by atoms with Crippen LogP contribution in [0.15, 0.2) is 42.7 Å². The molecule has 2 aromatic rings. The second kappa shape index (κ2) is 10.5. The monoisotopic (exact) mass is 419 g/mol. The number of ether oxygens (including phenoxy) is 2. The van der Waals surface area contributed by atoms with Crippen molar-refractivity contribution in [1.29, 1.82) is 0 Å². The van der Waals surface area contributed by atoms with E-state index in [1.165, 1.54) is 0 Å². The van der Waals surface area contributed by atoms with Crippen molar-refractivity contribution in [2.24, 2.45) is 5.73 Å². The minimum Gasteiger partial charge on any atom is -0.456 e. The number of hydrogen-bond donors (Lipinski definition) is 2. The van der Waals surface area contributed by atoms with Crippen LogP contribution in [0.3, 0.4) is 0 Å². The van der Waals surface area contributed by atoms with E-state index in [0.717, 1.165) is 6.42 Å². The smallest absolute Gasteiger partial charge is 0.253 e. The zero-order valence-corrected chi connectivity index (χ0v) is 16.2. The number of amides is 1. The van der Waals surface area contributed by atoms with Gasteiger partial charge in [0.25, 0.3) is 5.91 Å². The first-order valence-electron chi connectivity index (χ1n) is 7.69. The lowest BCUT2D eigenvalue weighted by molar-refractivity contribution is -0.126. The third-order valence-corrected chi connectivity index (χ3v) is 4.04. The SMILES string of the molecule is Cl.Cl.NC[C@H]1CC[C@@H](C(=O)Nc2ccc(Oc3ccncc3)c(Cl)c2)O1. The van der Waals surface area contributed by atoms with Crippen LogP contribution in [-0.4, -0.2) is 29.6 Å². The van der Waals surface area contributed by atoms with Crippen molar-refractivity contribution in [3.63, 3.8) is 0 Å². The highest BCUT2D eigenvalue weighted by molar-refractivity contribution is 6.32. The summed E-state index contributed by atoms with van der Waals surface area (Å²) in [6, 6.07) is 8.55. The fourth-order valence-electron chi connectivity index (χ4n) is 2.49. The molecule has 1 saturated heterocycles. The quantitative estimate of drug-likeness (QED) is 0.768. The first kappa shape index (κ1) is 22.5. The fraction of sp³-hybridized carbons (Fsp3) is 0.294. The number of aromatic nitrogens is 1. The largest absolute Gasteiger partial charge is 0.456 e. The standard InChI is InChI=1S/C17H18ClN3O3.2ClH/c18-14-9-11(21-17(22)16-4-2-13(10-19)24-16)1-3-15(14)23-12-5-7-20-8-6-12;;/h1,3,5-9,13,16H,2,4,10,19H2,(H,21,22);2*1H/t13-,16+;;/m1../s1. The van der Waals surface area contributed by atoms with E-state index in [-0.39, 0.29) is 36.8 Å². The highest BCUT2D eigenvalue weighted by Crippen LogP contribution is 2.31. The van der Waals surface area contributed by atoms with Crippen LogP contribution in [0.1, 0.15) is 12.8 Å². The average molecular weight is 421 g/mol. The molecule has 0 unspecified atom stereocenters. The van der Waals surface area contributed by atoms with E-state index in [0.29, 0.717) is 35.2 Å². The van der Waals surface area contributed by atoms with Crippen molar-refractivity contribution in [2.75, 3.05) is 11.9 Å². The molecule has 0 aliphatic carbocycles.